The fraction of sp³-hybridized carbons (Fsp3) is 0.714. The second-order valence-electron chi connectivity index (χ2n) is 8.19. The summed E-state index contributed by atoms with van der Waals surface area (Å²) < 4.78 is 0. The molecule has 3 nitrogen and oxygen atoms in total. The average molecular weight is 334 g/mol. The molecule has 24 heavy (non-hydrogen) atoms. The maximum atomic E-state index is 12.9. The third-order valence-electron chi connectivity index (χ3n) is 5.22. The monoisotopic (exact) mass is 333 g/mol. The number of carbonyl (C=O) groups excluding carboxylic acids is 2. The molecular formula is C21H35NO2. The van der Waals surface area contributed by atoms with Gasteiger partial charge in [0.15, 0.2) is 0 Å². The number of hydrogen-bond donors (Lipinski definition) is 1. The lowest BCUT2D eigenvalue weighted by Crippen LogP contribution is -2.47. The molecule has 3 heteroatoms. The summed E-state index contributed by atoms with van der Waals surface area (Å²) in [5.74, 6) is 0.542. The summed E-state index contributed by atoms with van der Waals surface area (Å²) in [6, 6.07) is 0. The molecule has 1 aliphatic carbocycles. The third kappa shape index (κ3) is 5.61. The van der Waals surface area contributed by atoms with Gasteiger partial charge in [0.2, 0.25) is 5.91 Å². The van der Waals surface area contributed by atoms with E-state index >= 15 is 0 Å². The second kappa shape index (κ2) is 8.64. The summed E-state index contributed by atoms with van der Waals surface area (Å²) in [6.45, 7) is 14.6. The van der Waals surface area contributed by atoms with Gasteiger partial charge in [-0.1, -0.05) is 44.9 Å². The molecule has 1 unspecified atom stereocenters. The molecule has 0 bridgehead atoms. The number of hydrogen-bond acceptors (Lipinski definition) is 2. The van der Waals surface area contributed by atoms with Gasteiger partial charge >= 0.3 is 0 Å². The molecule has 0 aliphatic heterocycles. The van der Waals surface area contributed by atoms with Crippen molar-refractivity contribution in [3.63, 3.8) is 0 Å². The Kier molecular flexibility index (Phi) is 7.44. The number of ketones is 1. The van der Waals surface area contributed by atoms with Crippen molar-refractivity contribution >= 4 is 11.7 Å². The Morgan fingerprint density at radius 3 is 2.58 bits per heavy atom. The molecule has 0 fully saturated rings. The van der Waals surface area contributed by atoms with Crippen molar-refractivity contribution in [2.75, 3.05) is 0 Å². The standard InChI is InChI=1S/C21H35NO2/c1-8-15(4)19-16(5)18(23)12-11-17(19)20(24)22-21(6,7)13-9-10-14(2)3/h10-11,15-16,19H,8-9,12-13H2,1-7H3,(H,22,24)/t15?,16-,19+/m1/s1. The van der Waals surface area contributed by atoms with E-state index in [1.165, 1.54) is 5.57 Å². The van der Waals surface area contributed by atoms with Crippen LogP contribution >= 0.6 is 0 Å². The van der Waals surface area contributed by atoms with Crippen molar-refractivity contribution in [1.29, 1.82) is 0 Å². The molecule has 136 valence electrons. The quantitative estimate of drug-likeness (QED) is 0.679. The van der Waals surface area contributed by atoms with Gasteiger partial charge in [-0.05, 0) is 46.5 Å². The van der Waals surface area contributed by atoms with Gasteiger partial charge in [0, 0.05) is 29.4 Å². The lowest BCUT2D eigenvalue weighted by atomic mass is 9.71. The molecule has 0 spiro atoms. The Bertz CT molecular complexity index is 524. The highest BCUT2D eigenvalue weighted by atomic mass is 16.2. The van der Waals surface area contributed by atoms with E-state index in [2.05, 4.69) is 52.9 Å². The van der Waals surface area contributed by atoms with E-state index in [1.807, 2.05) is 13.0 Å². The predicted octanol–water partition coefficient (Wildman–Crippen LogP) is 4.83. The van der Waals surface area contributed by atoms with Crippen molar-refractivity contribution in [3.8, 4) is 0 Å². The molecule has 1 N–H and O–H groups in total. The molecule has 3 atom stereocenters. The first-order valence-electron chi connectivity index (χ1n) is 9.27. The fourth-order valence-electron chi connectivity index (χ4n) is 3.46. The van der Waals surface area contributed by atoms with E-state index in [4.69, 9.17) is 0 Å². The maximum Gasteiger partial charge on any atom is 0.247 e. The normalized spacial score (nSPS) is 22.6. The van der Waals surface area contributed by atoms with Crippen LogP contribution in [0.25, 0.3) is 0 Å². The molecule has 1 aliphatic rings. The van der Waals surface area contributed by atoms with Crippen molar-refractivity contribution in [2.24, 2.45) is 17.8 Å². The average Bonchev–Trinajstić information content (AvgIpc) is 2.47. The van der Waals surface area contributed by atoms with Gasteiger partial charge in [0.25, 0.3) is 0 Å². The van der Waals surface area contributed by atoms with Crippen molar-refractivity contribution < 1.29 is 9.59 Å². The summed E-state index contributed by atoms with van der Waals surface area (Å²) in [7, 11) is 0. The van der Waals surface area contributed by atoms with E-state index in [9.17, 15) is 9.59 Å². The van der Waals surface area contributed by atoms with Crippen LogP contribution in [0.15, 0.2) is 23.3 Å². The number of carbonyl (C=O) groups is 2. The van der Waals surface area contributed by atoms with Crippen molar-refractivity contribution in [1.82, 2.24) is 5.32 Å². The second-order valence-corrected chi connectivity index (χ2v) is 8.19. The minimum Gasteiger partial charge on any atom is -0.347 e. The van der Waals surface area contributed by atoms with E-state index in [-0.39, 0.29) is 29.1 Å². The zero-order valence-electron chi connectivity index (χ0n) is 16.5. The van der Waals surface area contributed by atoms with Crippen molar-refractivity contribution in [2.45, 2.75) is 79.7 Å². The number of Topliss-reactive ketones (excluding diaryl/α,β-unsaturated/α-hetero) is 1. The van der Waals surface area contributed by atoms with E-state index < -0.39 is 0 Å². The topological polar surface area (TPSA) is 46.2 Å². The molecule has 0 saturated carbocycles. The summed E-state index contributed by atoms with van der Waals surface area (Å²) >= 11 is 0. The smallest absolute Gasteiger partial charge is 0.247 e. The van der Waals surface area contributed by atoms with Gasteiger partial charge in [-0.2, -0.15) is 0 Å². The van der Waals surface area contributed by atoms with Crippen LogP contribution in [0.2, 0.25) is 0 Å². The highest BCUT2D eigenvalue weighted by molar-refractivity contribution is 5.98. The minimum atomic E-state index is -0.255. The van der Waals surface area contributed by atoms with Crippen molar-refractivity contribution in [3.05, 3.63) is 23.3 Å². The van der Waals surface area contributed by atoms with Crippen LogP contribution in [0.5, 0.6) is 0 Å². The Hall–Kier alpha value is -1.38. The molecule has 0 aromatic heterocycles. The van der Waals surface area contributed by atoms with Gasteiger partial charge in [0.05, 0.1) is 0 Å². The third-order valence-corrected chi connectivity index (χ3v) is 5.22. The molecule has 0 saturated heterocycles. The van der Waals surface area contributed by atoms with E-state index in [1.54, 1.807) is 0 Å². The lowest BCUT2D eigenvalue weighted by molar-refractivity contribution is -0.125. The summed E-state index contributed by atoms with van der Waals surface area (Å²) in [6.07, 6.45) is 7.28. The largest absolute Gasteiger partial charge is 0.347 e. The van der Waals surface area contributed by atoms with Crippen LogP contribution in [0.1, 0.15) is 74.1 Å². The zero-order chi connectivity index (χ0) is 18.5. The highest BCUT2D eigenvalue weighted by Crippen LogP contribution is 2.36. The minimum absolute atomic E-state index is 0.00171. The van der Waals surface area contributed by atoms with Gasteiger partial charge in [-0.15, -0.1) is 0 Å². The first-order valence-corrected chi connectivity index (χ1v) is 9.27. The summed E-state index contributed by atoms with van der Waals surface area (Å²) in [5.41, 5.74) is 1.86. The van der Waals surface area contributed by atoms with Gasteiger partial charge < -0.3 is 5.32 Å². The molecule has 0 aromatic rings. The van der Waals surface area contributed by atoms with Crippen LogP contribution < -0.4 is 5.32 Å². The number of nitrogens with one attached hydrogen (secondary N) is 1. The maximum absolute atomic E-state index is 12.9. The summed E-state index contributed by atoms with van der Waals surface area (Å²) in [4.78, 5) is 25.0. The van der Waals surface area contributed by atoms with Crippen LogP contribution in [0.4, 0.5) is 0 Å². The molecule has 1 rings (SSSR count). The highest BCUT2D eigenvalue weighted by Gasteiger charge is 2.37. The van der Waals surface area contributed by atoms with Gasteiger partial charge in [-0.3, -0.25) is 9.59 Å². The number of amides is 1. The first kappa shape index (κ1) is 20.7. The molecule has 0 aromatic carbocycles. The van der Waals surface area contributed by atoms with Gasteiger partial charge in [-0.25, -0.2) is 0 Å². The van der Waals surface area contributed by atoms with Crippen LogP contribution in [0.3, 0.4) is 0 Å². The predicted molar refractivity (Wildman–Crippen MR) is 101 cm³/mol. The zero-order valence-corrected chi connectivity index (χ0v) is 16.5. The molecule has 0 heterocycles. The summed E-state index contributed by atoms with van der Waals surface area (Å²) in [5, 5.41) is 3.20. The SMILES string of the molecule is CCC(C)[C@@H]1C(C(=O)NC(C)(C)CCC=C(C)C)=CCC(=O)[C@H]1C. The molecular weight excluding hydrogens is 298 g/mol. The Balaban J connectivity index is 2.87. The lowest BCUT2D eigenvalue weighted by Gasteiger charge is -2.35. The van der Waals surface area contributed by atoms with E-state index in [0.29, 0.717) is 12.3 Å². The van der Waals surface area contributed by atoms with E-state index in [0.717, 1.165) is 24.8 Å². The fourth-order valence-corrected chi connectivity index (χ4v) is 3.46. The first-order chi connectivity index (χ1) is 11.1. The van der Waals surface area contributed by atoms with Crippen LogP contribution in [-0.2, 0) is 9.59 Å². The number of allylic oxidation sites excluding steroid dienone is 3. The molecule has 1 amide bonds. The Labute approximate surface area is 148 Å². The Morgan fingerprint density at radius 2 is 2.04 bits per heavy atom. The Morgan fingerprint density at radius 1 is 1.42 bits per heavy atom. The van der Waals surface area contributed by atoms with Crippen LogP contribution in [0, 0.1) is 17.8 Å². The van der Waals surface area contributed by atoms with Gasteiger partial charge in [0.1, 0.15) is 5.78 Å². The molecule has 0 radical (unpaired) electrons. The van der Waals surface area contributed by atoms with Crippen LogP contribution in [-0.4, -0.2) is 17.2 Å². The number of rotatable bonds is 7.